The Balaban J connectivity index is 2.02. The molecule has 0 aliphatic carbocycles. The quantitative estimate of drug-likeness (QED) is 0.940. The number of nitrogens with one attached hydrogen (secondary N) is 1. The van der Waals surface area contributed by atoms with Crippen LogP contribution in [0.2, 0.25) is 5.22 Å². The second-order valence-electron chi connectivity index (χ2n) is 4.31. The topological polar surface area (TPSA) is 62.6 Å². The van der Waals surface area contributed by atoms with Gasteiger partial charge in [0.2, 0.25) is 10.0 Å². The van der Waals surface area contributed by atoms with Crippen molar-refractivity contribution in [2.75, 3.05) is 6.26 Å². The lowest BCUT2D eigenvalue weighted by Gasteiger charge is -2.20. The van der Waals surface area contributed by atoms with E-state index in [1.165, 1.54) is 11.3 Å². The fourth-order valence-corrected chi connectivity index (χ4v) is 3.69. The van der Waals surface area contributed by atoms with Gasteiger partial charge in [0.25, 0.3) is 0 Å². The first-order valence-corrected chi connectivity index (χ1v) is 8.83. The number of rotatable bonds is 3. The summed E-state index contributed by atoms with van der Waals surface area (Å²) in [6.07, 6.45) is 2.95. The van der Waals surface area contributed by atoms with Crippen LogP contribution in [0.5, 0.6) is 0 Å². The molecule has 5 nitrogen and oxygen atoms in total. The van der Waals surface area contributed by atoms with Crippen molar-refractivity contribution in [1.29, 1.82) is 0 Å². The molecule has 2 aromatic rings. The number of furan rings is 1. The van der Waals surface area contributed by atoms with E-state index in [2.05, 4.69) is 5.43 Å². The Kier molecular flexibility index (Phi) is 3.37. The van der Waals surface area contributed by atoms with Crippen LogP contribution in [0, 0.1) is 0 Å². The lowest BCUT2D eigenvalue weighted by Crippen LogP contribution is -2.38. The standard InChI is InChI=1S/C12H11ClN2O3S2/c1-20(16,17)15-9(10-4-5-12(13)18-10)7-8(14-15)11-3-2-6-19-11/h2-7,9,14H,1H3/t9-/m0/s1. The third-order valence-electron chi connectivity index (χ3n) is 2.84. The molecular formula is C12H11ClN2O3S2. The molecule has 0 fully saturated rings. The van der Waals surface area contributed by atoms with Crippen LogP contribution in [-0.4, -0.2) is 19.1 Å². The molecule has 0 aromatic carbocycles. The van der Waals surface area contributed by atoms with Gasteiger partial charge in [0, 0.05) is 0 Å². The van der Waals surface area contributed by atoms with E-state index < -0.39 is 16.1 Å². The van der Waals surface area contributed by atoms with Crippen LogP contribution in [0.15, 0.2) is 40.1 Å². The van der Waals surface area contributed by atoms with Gasteiger partial charge in [0.1, 0.15) is 11.8 Å². The van der Waals surface area contributed by atoms with Crippen LogP contribution >= 0.6 is 22.9 Å². The molecule has 106 valence electrons. The average Bonchev–Trinajstić information content (AvgIpc) is 3.06. The van der Waals surface area contributed by atoms with Gasteiger partial charge in [-0.05, 0) is 41.3 Å². The molecule has 0 radical (unpaired) electrons. The zero-order chi connectivity index (χ0) is 14.3. The van der Waals surface area contributed by atoms with Gasteiger partial charge in [-0.3, -0.25) is 0 Å². The number of hydrogen-bond acceptors (Lipinski definition) is 5. The predicted octanol–water partition coefficient (Wildman–Crippen LogP) is 2.86. The highest BCUT2D eigenvalue weighted by Crippen LogP contribution is 2.35. The Bertz CT molecular complexity index is 750. The van der Waals surface area contributed by atoms with Gasteiger partial charge in [-0.25, -0.2) is 8.42 Å². The number of thiophene rings is 1. The molecule has 0 spiro atoms. The Morgan fingerprint density at radius 1 is 1.40 bits per heavy atom. The highest BCUT2D eigenvalue weighted by molar-refractivity contribution is 7.88. The van der Waals surface area contributed by atoms with Crippen molar-refractivity contribution in [1.82, 2.24) is 9.84 Å². The Hall–Kier alpha value is -1.28. The molecular weight excluding hydrogens is 320 g/mol. The zero-order valence-electron chi connectivity index (χ0n) is 10.4. The van der Waals surface area contributed by atoms with Gasteiger partial charge in [-0.2, -0.15) is 0 Å². The van der Waals surface area contributed by atoms with Gasteiger partial charge in [0.05, 0.1) is 16.8 Å². The number of sulfonamides is 1. The molecule has 0 amide bonds. The largest absolute Gasteiger partial charge is 0.448 e. The van der Waals surface area contributed by atoms with Crippen molar-refractivity contribution >= 4 is 38.7 Å². The minimum Gasteiger partial charge on any atom is -0.448 e. The summed E-state index contributed by atoms with van der Waals surface area (Å²) in [5.41, 5.74) is 3.64. The third-order valence-corrected chi connectivity index (χ3v) is 4.98. The SMILES string of the molecule is CS(=O)(=O)N1NC(c2cccs2)=C[C@H]1c1ccc(Cl)o1. The Labute approximate surface area is 125 Å². The second kappa shape index (κ2) is 4.92. The monoisotopic (exact) mass is 330 g/mol. The van der Waals surface area contributed by atoms with Crippen molar-refractivity contribution in [2.45, 2.75) is 6.04 Å². The van der Waals surface area contributed by atoms with Gasteiger partial charge < -0.3 is 9.84 Å². The van der Waals surface area contributed by atoms with Crippen molar-refractivity contribution in [2.24, 2.45) is 0 Å². The van der Waals surface area contributed by atoms with E-state index in [1.807, 2.05) is 23.6 Å². The summed E-state index contributed by atoms with van der Waals surface area (Å²) < 4.78 is 30.3. The van der Waals surface area contributed by atoms with E-state index in [4.69, 9.17) is 16.0 Å². The van der Waals surface area contributed by atoms with E-state index in [0.717, 1.165) is 21.2 Å². The molecule has 3 heterocycles. The summed E-state index contributed by atoms with van der Waals surface area (Å²) in [4.78, 5) is 0.957. The lowest BCUT2D eigenvalue weighted by molar-refractivity contribution is 0.312. The van der Waals surface area contributed by atoms with Crippen molar-refractivity contribution in [3.8, 4) is 0 Å². The maximum absolute atomic E-state index is 11.9. The number of hydrazine groups is 1. The highest BCUT2D eigenvalue weighted by atomic mass is 35.5. The second-order valence-corrected chi connectivity index (χ2v) is 7.49. The fraction of sp³-hybridized carbons (Fsp3) is 0.167. The molecule has 20 heavy (non-hydrogen) atoms. The van der Waals surface area contributed by atoms with Crippen molar-refractivity contribution < 1.29 is 12.8 Å². The zero-order valence-corrected chi connectivity index (χ0v) is 12.8. The van der Waals surface area contributed by atoms with Crippen LogP contribution in [0.4, 0.5) is 0 Å². The molecule has 1 aliphatic heterocycles. The fourth-order valence-electron chi connectivity index (χ4n) is 1.99. The smallest absolute Gasteiger partial charge is 0.228 e. The maximum Gasteiger partial charge on any atom is 0.228 e. The third kappa shape index (κ3) is 2.49. The van der Waals surface area contributed by atoms with Crippen LogP contribution in [0.25, 0.3) is 5.70 Å². The molecule has 1 aliphatic rings. The van der Waals surface area contributed by atoms with Crippen molar-refractivity contribution in [3.63, 3.8) is 0 Å². The van der Waals surface area contributed by atoms with Gasteiger partial charge in [-0.1, -0.05) is 6.07 Å². The van der Waals surface area contributed by atoms with Crippen LogP contribution in [0.1, 0.15) is 16.7 Å². The first kappa shape index (κ1) is 13.7. The van der Waals surface area contributed by atoms with Crippen LogP contribution in [0.3, 0.4) is 0 Å². The molecule has 2 aromatic heterocycles. The molecule has 8 heteroatoms. The number of hydrogen-bond donors (Lipinski definition) is 1. The van der Waals surface area contributed by atoms with E-state index >= 15 is 0 Å². The van der Waals surface area contributed by atoms with Crippen molar-refractivity contribution in [3.05, 3.63) is 51.6 Å². The first-order chi connectivity index (χ1) is 9.45. The van der Waals surface area contributed by atoms with Crippen LogP contribution < -0.4 is 5.43 Å². The molecule has 0 bridgehead atoms. The minimum atomic E-state index is -3.44. The molecule has 1 atom stereocenters. The molecule has 0 saturated heterocycles. The normalized spacial score (nSPS) is 19.9. The molecule has 3 rings (SSSR count). The van der Waals surface area contributed by atoms with Crippen LogP contribution in [-0.2, 0) is 10.0 Å². The summed E-state index contributed by atoms with van der Waals surface area (Å²) >= 11 is 7.29. The summed E-state index contributed by atoms with van der Waals surface area (Å²) in [7, 11) is -3.44. The first-order valence-electron chi connectivity index (χ1n) is 5.72. The number of halogens is 1. The molecule has 0 saturated carbocycles. The highest BCUT2D eigenvalue weighted by Gasteiger charge is 2.35. The average molecular weight is 331 g/mol. The van der Waals surface area contributed by atoms with E-state index in [-0.39, 0.29) is 5.22 Å². The Morgan fingerprint density at radius 3 is 2.75 bits per heavy atom. The lowest BCUT2D eigenvalue weighted by atomic mass is 10.2. The summed E-state index contributed by atoms with van der Waals surface area (Å²) in [5, 5.41) is 2.16. The van der Waals surface area contributed by atoms with E-state index in [0.29, 0.717) is 5.76 Å². The summed E-state index contributed by atoms with van der Waals surface area (Å²) in [5.74, 6) is 0.472. The summed E-state index contributed by atoms with van der Waals surface area (Å²) in [6.45, 7) is 0. The van der Waals surface area contributed by atoms with E-state index in [9.17, 15) is 8.42 Å². The predicted molar refractivity (Wildman–Crippen MR) is 78.6 cm³/mol. The molecule has 0 unspecified atom stereocenters. The van der Waals surface area contributed by atoms with Gasteiger partial charge >= 0.3 is 0 Å². The molecule has 1 N–H and O–H groups in total. The summed E-state index contributed by atoms with van der Waals surface area (Å²) in [6, 6.07) is 6.54. The number of nitrogens with zero attached hydrogens (tertiary/aromatic N) is 1. The minimum absolute atomic E-state index is 0.228. The van der Waals surface area contributed by atoms with Gasteiger partial charge in [0.15, 0.2) is 5.22 Å². The Morgan fingerprint density at radius 2 is 2.20 bits per heavy atom. The maximum atomic E-state index is 11.9. The van der Waals surface area contributed by atoms with Gasteiger partial charge in [-0.15, -0.1) is 15.8 Å². The van der Waals surface area contributed by atoms with E-state index in [1.54, 1.807) is 12.1 Å².